The van der Waals surface area contributed by atoms with Crippen LogP contribution in [0.3, 0.4) is 0 Å². The molecule has 0 aliphatic heterocycles. The number of hydrogen-bond acceptors (Lipinski definition) is 3. The molecule has 0 unspecified atom stereocenters. The fourth-order valence-electron chi connectivity index (χ4n) is 0.166. The molecule has 0 heterocycles. The van der Waals surface area contributed by atoms with Crippen molar-refractivity contribution in [1.29, 1.82) is 0 Å². The Hall–Kier alpha value is -0.0200. The van der Waals surface area contributed by atoms with Gasteiger partial charge in [0.2, 0.25) is 0 Å². The Balaban J connectivity index is 3.34. The van der Waals surface area contributed by atoms with Crippen LogP contribution in [0, 0.1) is 0 Å². The molecule has 0 saturated carbocycles. The first-order valence-electron chi connectivity index (χ1n) is 1.89. The molecule has 0 amide bonds. The normalized spacial score (nSPS) is 13.6. The maximum absolute atomic E-state index is 10.1. The summed E-state index contributed by atoms with van der Waals surface area (Å²) in [6.45, 7) is 1.36. The summed E-state index contributed by atoms with van der Waals surface area (Å²) in [5.74, 6) is -0.187. The summed E-state index contributed by atoms with van der Waals surface area (Å²) < 4.78 is 0. The molecule has 3 heteroatoms. The van der Waals surface area contributed by atoms with Gasteiger partial charge in [0.1, 0.15) is 0 Å². The van der Waals surface area contributed by atoms with Gasteiger partial charge in [-0.1, -0.05) is 0 Å². The Morgan fingerprint density at radius 2 is 2.29 bits per heavy atom. The number of Topliss-reactive ketones (excluding diaryl/α,β-unsaturated/α-hetero) is 1. The van der Waals surface area contributed by atoms with Crippen LogP contribution in [0.15, 0.2) is 0 Å². The number of aliphatic hydroxyl groups excluding tert-OH is 1. The van der Waals surface area contributed by atoms with Crippen LogP contribution in [0.1, 0.15) is 6.92 Å². The van der Waals surface area contributed by atoms with E-state index < -0.39 is 5.44 Å². The number of hydrogen-bond donors (Lipinski definition) is 1. The van der Waals surface area contributed by atoms with Crippen LogP contribution in [-0.4, -0.2) is 22.6 Å². The molecular formula is C4H8O2S. The van der Waals surface area contributed by atoms with Gasteiger partial charge in [-0.2, -0.15) is 0 Å². The van der Waals surface area contributed by atoms with Crippen molar-refractivity contribution in [1.82, 2.24) is 0 Å². The van der Waals surface area contributed by atoms with Crippen molar-refractivity contribution < 1.29 is 9.90 Å². The van der Waals surface area contributed by atoms with Crippen molar-refractivity contribution in [2.75, 3.05) is 6.26 Å². The zero-order valence-electron chi connectivity index (χ0n) is 4.34. The summed E-state index contributed by atoms with van der Waals surface area (Å²) in [6.07, 6.45) is 1.69. The fraction of sp³-hybridized carbons (Fsp3) is 0.750. The molecule has 0 aliphatic rings. The lowest BCUT2D eigenvalue weighted by molar-refractivity contribution is -0.121. The molecule has 0 radical (unpaired) electrons. The zero-order chi connectivity index (χ0) is 5.86. The van der Waals surface area contributed by atoms with Gasteiger partial charge >= 0.3 is 0 Å². The summed E-state index contributed by atoms with van der Waals surface area (Å²) in [5.41, 5.74) is -0.819. The molecule has 7 heavy (non-hydrogen) atoms. The second-order valence-electron chi connectivity index (χ2n) is 1.20. The summed E-state index contributed by atoms with van der Waals surface area (Å²) in [5, 5.41) is 8.55. The van der Waals surface area contributed by atoms with E-state index in [1.54, 1.807) is 6.26 Å². The minimum atomic E-state index is -0.819. The predicted octanol–water partition coefficient (Wildman–Crippen LogP) is 0.257. The van der Waals surface area contributed by atoms with E-state index in [1.165, 1.54) is 6.92 Å². The molecule has 0 aromatic carbocycles. The quantitative estimate of drug-likeness (QED) is 0.531. The van der Waals surface area contributed by atoms with Crippen molar-refractivity contribution in [2.24, 2.45) is 0 Å². The van der Waals surface area contributed by atoms with Crippen LogP contribution in [0.2, 0.25) is 0 Å². The van der Waals surface area contributed by atoms with Gasteiger partial charge in [0.15, 0.2) is 11.2 Å². The van der Waals surface area contributed by atoms with Crippen LogP contribution >= 0.6 is 11.8 Å². The number of rotatable bonds is 2. The van der Waals surface area contributed by atoms with Crippen molar-refractivity contribution in [3.63, 3.8) is 0 Å². The Kier molecular flexibility index (Phi) is 3.04. The van der Waals surface area contributed by atoms with Gasteiger partial charge in [0.05, 0.1) is 0 Å². The van der Waals surface area contributed by atoms with E-state index in [9.17, 15) is 4.79 Å². The maximum Gasteiger partial charge on any atom is 0.168 e. The first kappa shape index (κ1) is 6.98. The number of ketones is 1. The number of aliphatic hydroxyl groups is 1. The third kappa shape index (κ3) is 2.65. The molecule has 0 bridgehead atoms. The minimum Gasteiger partial charge on any atom is -0.375 e. The largest absolute Gasteiger partial charge is 0.375 e. The van der Waals surface area contributed by atoms with Gasteiger partial charge in [-0.15, -0.1) is 11.8 Å². The van der Waals surface area contributed by atoms with E-state index in [2.05, 4.69) is 0 Å². The predicted molar refractivity (Wildman–Crippen MR) is 30.2 cm³/mol. The van der Waals surface area contributed by atoms with Crippen molar-refractivity contribution in [3.8, 4) is 0 Å². The molecule has 0 fully saturated rings. The van der Waals surface area contributed by atoms with Gasteiger partial charge in [0, 0.05) is 0 Å². The molecule has 1 atom stereocenters. The molecule has 2 nitrogen and oxygen atoms in total. The molecular weight excluding hydrogens is 112 g/mol. The van der Waals surface area contributed by atoms with Crippen LogP contribution in [0.5, 0.6) is 0 Å². The van der Waals surface area contributed by atoms with Crippen LogP contribution in [0.25, 0.3) is 0 Å². The van der Waals surface area contributed by atoms with Gasteiger partial charge in [0.25, 0.3) is 0 Å². The van der Waals surface area contributed by atoms with E-state index in [-0.39, 0.29) is 5.78 Å². The highest BCUT2D eigenvalue weighted by atomic mass is 32.2. The minimum absolute atomic E-state index is 0.187. The Labute approximate surface area is 46.9 Å². The van der Waals surface area contributed by atoms with E-state index >= 15 is 0 Å². The molecule has 0 aromatic rings. The molecule has 42 valence electrons. The van der Waals surface area contributed by atoms with Crippen molar-refractivity contribution in [2.45, 2.75) is 12.4 Å². The highest BCUT2D eigenvalue weighted by Gasteiger charge is 2.04. The van der Waals surface area contributed by atoms with Crippen molar-refractivity contribution >= 4 is 17.5 Å². The third-order valence-corrected chi connectivity index (χ3v) is 1.35. The Bertz CT molecular complexity index is 72.1. The van der Waals surface area contributed by atoms with Gasteiger partial charge in [-0.25, -0.2) is 0 Å². The van der Waals surface area contributed by atoms with E-state index in [0.717, 1.165) is 11.8 Å². The summed E-state index contributed by atoms with van der Waals surface area (Å²) in [7, 11) is 0. The van der Waals surface area contributed by atoms with E-state index in [0.29, 0.717) is 0 Å². The first-order valence-corrected chi connectivity index (χ1v) is 3.18. The molecule has 0 aromatic heterocycles. The standard InChI is InChI=1S/C4H8O2S/c1-3(5)4(6)7-2/h4,6H,1-2H3/t4-/m0/s1. The average molecular weight is 120 g/mol. The first-order chi connectivity index (χ1) is 3.18. The molecule has 0 spiro atoms. The second-order valence-corrected chi connectivity index (χ2v) is 2.12. The summed E-state index contributed by atoms with van der Waals surface area (Å²) in [4.78, 5) is 10.1. The summed E-state index contributed by atoms with van der Waals surface area (Å²) >= 11 is 1.14. The van der Waals surface area contributed by atoms with Gasteiger partial charge in [-0.3, -0.25) is 4.79 Å². The van der Waals surface area contributed by atoms with Crippen LogP contribution in [-0.2, 0) is 4.79 Å². The summed E-state index contributed by atoms with van der Waals surface area (Å²) in [6, 6.07) is 0. The lowest BCUT2D eigenvalue weighted by Crippen LogP contribution is -2.10. The lowest BCUT2D eigenvalue weighted by atomic mass is 10.5. The zero-order valence-corrected chi connectivity index (χ0v) is 5.16. The molecule has 1 N–H and O–H groups in total. The lowest BCUT2D eigenvalue weighted by Gasteiger charge is -1.97. The third-order valence-electron chi connectivity index (χ3n) is 0.571. The van der Waals surface area contributed by atoms with Crippen LogP contribution < -0.4 is 0 Å². The second kappa shape index (κ2) is 3.04. The van der Waals surface area contributed by atoms with Crippen molar-refractivity contribution in [3.05, 3.63) is 0 Å². The van der Waals surface area contributed by atoms with E-state index in [4.69, 9.17) is 5.11 Å². The monoisotopic (exact) mass is 120 g/mol. The Morgan fingerprint density at radius 1 is 1.86 bits per heavy atom. The number of carbonyl (C=O) groups is 1. The van der Waals surface area contributed by atoms with Crippen LogP contribution in [0.4, 0.5) is 0 Å². The number of carbonyl (C=O) groups excluding carboxylic acids is 1. The Morgan fingerprint density at radius 3 is 2.29 bits per heavy atom. The van der Waals surface area contributed by atoms with E-state index in [1.807, 2.05) is 0 Å². The molecule has 0 rings (SSSR count). The smallest absolute Gasteiger partial charge is 0.168 e. The average Bonchev–Trinajstić information content (AvgIpc) is 1.65. The maximum atomic E-state index is 10.1. The van der Waals surface area contributed by atoms with Gasteiger partial charge < -0.3 is 5.11 Å². The SMILES string of the molecule is CS[C@H](O)C(C)=O. The fourth-order valence-corrected chi connectivity index (χ4v) is 0.498. The topological polar surface area (TPSA) is 37.3 Å². The van der Waals surface area contributed by atoms with Gasteiger partial charge in [-0.05, 0) is 13.2 Å². The number of thioether (sulfide) groups is 1. The molecule has 0 aliphatic carbocycles. The highest BCUT2D eigenvalue weighted by Crippen LogP contribution is 2.01. The molecule has 0 saturated heterocycles. The highest BCUT2D eigenvalue weighted by molar-refractivity contribution is 7.99.